The second-order valence-corrected chi connectivity index (χ2v) is 7.41. The molecule has 0 bridgehead atoms. The Labute approximate surface area is 170 Å². The van der Waals surface area contributed by atoms with E-state index in [0.29, 0.717) is 12.2 Å². The molecule has 0 radical (unpaired) electrons. The number of amides is 2. The number of fused-ring (bicyclic) bond motifs is 1. The van der Waals surface area contributed by atoms with E-state index in [4.69, 9.17) is 0 Å². The molecule has 5 nitrogen and oxygen atoms in total. The molecular weight excluding hydrogens is 362 g/mol. The number of carbonyl (C=O) groups excluding carboxylic acids is 2. The van der Waals surface area contributed by atoms with E-state index < -0.39 is 0 Å². The van der Waals surface area contributed by atoms with Crippen molar-refractivity contribution in [3.05, 3.63) is 65.9 Å². The van der Waals surface area contributed by atoms with Crippen LogP contribution in [0.2, 0.25) is 0 Å². The summed E-state index contributed by atoms with van der Waals surface area (Å²) in [6.07, 6.45) is 3.65. The van der Waals surface area contributed by atoms with Gasteiger partial charge in [0.1, 0.15) is 0 Å². The van der Waals surface area contributed by atoms with Crippen LogP contribution in [-0.2, 0) is 22.4 Å². The summed E-state index contributed by atoms with van der Waals surface area (Å²) in [5.74, 6) is -0.501. The van der Waals surface area contributed by atoms with Gasteiger partial charge in [-0.2, -0.15) is 0 Å². The van der Waals surface area contributed by atoms with E-state index >= 15 is 0 Å². The molecule has 0 spiro atoms. The van der Waals surface area contributed by atoms with Crippen molar-refractivity contribution in [1.82, 2.24) is 4.98 Å². The zero-order valence-electron chi connectivity index (χ0n) is 16.8. The van der Waals surface area contributed by atoms with Crippen molar-refractivity contribution in [3.8, 4) is 0 Å². The van der Waals surface area contributed by atoms with Crippen molar-refractivity contribution >= 4 is 34.1 Å². The first-order valence-electron chi connectivity index (χ1n) is 10.2. The third-order valence-electron chi connectivity index (χ3n) is 5.62. The molecule has 4 rings (SSSR count). The maximum atomic E-state index is 13.0. The fourth-order valence-corrected chi connectivity index (χ4v) is 4.10. The summed E-state index contributed by atoms with van der Waals surface area (Å²) in [5, 5.41) is 3.97. The van der Waals surface area contributed by atoms with E-state index in [1.165, 1.54) is 0 Å². The minimum Gasteiger partial charge on any atom is -0.324 e. The van der Waals surface area contributed by atoms with Gasteiger partial charge in [0.25, 0.3) is 0 Å². The lowest BCUT2D eigenvalue weighted by Crippen LogP contribution is -2.29. The monoisotopic (exact) mass is 387 g/mol. The van der Waals surface area contributed by atoms with Gasteiger partial charge in [0.15, 0.2) is 0 Å². The van der Waals surface area contributed by atoms with E-state index in [0.717, 1.165) is 40.6 Å². The maximum Gasteiger partial charge on any atom is 0.229 e. The van der Waals surface area contributed by atoms with Crippen LogP contribution in [0.5, 0.6) is 0 Å². The SMILES string of the molecule is CCc1cccc(CC)c1N1CC(C(=O)Nc2cccc3cccnc23)CC1=O. The number of nitrogens with zero attached hydrogens (tertiary/aromatic N) is 2. The molecule has 3 aromatic rings. The standard InChI is InChI=1S/C24H25N3O2/c1-3-16-8-5-9-17(4-2)23(16)27-15-19(14-21(27)28)24(29)26-20-12-6-10-18-11-7-13-25-22(18)20/h5-13,19H,3-4,14-15H2,1-2H3,(H,26,29). The van der Waals surface area contributed by atoms with E-state index in [2.05, 4.69) is 36.3 Å². The Morgan fingerprint density at radius 3 is 2.48 bits per heavy atom. The molecule has 2 amide bonds. The molecule has 1 aliphatic heterocycles. The Balaban J connectivity index is 1.58. The molecule has 0 aliphatic carbocycles. The van der Waals surface area contributed by atoms with Crippen molar-refractivity contribution < 1.29 is 9.59 Å². The maximum absolute atomic E-state index is 13.0. The second-order valence-electron chi connectivity index (χ2n) is 7.41. The van der Waals surface area contributed by atoms with Crippen LogP contribution in [0.4, 0.5) is 11.4 Å². The summed E-state index contributed by atoms with van der Waals surface area (Å²) in [4.78, 5) is 32.0. The Morgan fingerprint density at radius 2 is 1.76 bits per heavy atom. The van der Waals surface area contributed by atoms with Crippen molar-refractivity contribution in [2.75, 3.05) is 16.8 Å². The predicted molar refractivity (Wildman–Crippen MR) is 116 cm³/mol. The molecule has 148 valence electrons. The minimum absolute atomic E-state index is 0.0109. The summed E-state index contributed by atoms with van der Waals surface area (Å²) >= 11 is 0. The summed E-state index contributed by atoms with van der Waals surface area (Å²) in [7, 11) is 0. The topological polar surface area (TPSA) is 62.3 Å². The number of para-hydroxylation sites is 2. The molecule has 1 unspecified atom stereocenters. The summed E-state index contributed by atoms with van der Waals surface area (Å²) in [5.41, 5.74) is 4.73. The molecule has 1 aromatic heterocycles. The third-order valence-corrected chi connectivity index (χ3v) is 5.62. The van der Waals surface area contributed by atoms with E-state index in [9.17, 15) is 9.59 Å². The first kappa shape index (κ1) is 19.1. The van der Waals surface area contributed by atoms with Gasteiger partial charge in [-0.05, 0) is 36.1 Å². The van der Waals surface area contributed by atoms with Crippen LogP contribution < -0.4 is 10.2 Å². The first-order chi connectivity index (χ1) is 14.1. The number of pyridine rings is 1. The second kappa shape index (κ2) is 8.03. The number of benzene rings is 2. The zero-order valence-corrected chi connectivity index (χ0v) is 16.8. The van der Waals surface area contributed by atoms with Crippen molar-refractivity contribution in [1.29, 1.82) is 0 Å². The van der Waals surface area contributed by atoms with E-state index in [1.807, 2.05) is 41.3 Å². The number of aromatic nitrogens is 1. The number of aryl methyl sites for hydroxylation is 2. The zero-order chi connectivity index (χ0) is 20.4. The molecule has 1 aliphatic rings. The highest BCUT2D eigenvalue weighted by atomic mass is 16.2. The van der Waals surface area contributed by atoms with Crippen LogP contribution in [0.1, 0.15) is 31.4 Å². The van der Waals surface area contributed by atoms with Gasteiger partial charge < -0.3 is 10.2 Å². The average molecular weight is 387 g/mol. The number of hydrogen-bond acceptors (Lipinski definition) is 3. The number of anilines is 2. The van der Waals surface area contributed by atoms with Gasteiger partial charge in [-0.1, -0.05) is 50.2 Å². The third kappa shape index (κ3) is 3.60. The average Bonchev–Trinajstić information content (AvgIpc) is 3.14. The Hall–Kier alpha value is -3.21. The van der Waals surface area contributed by atoms with Gasteiger partial charge in [-0.15, -0.1) is 0 Å². The van der Waals surface area contributed by atoms with Crippen LogP contribution >= 0.6 is 0 Å². The summed E-state index contributed by atoms with van der Waals surface area (Å²) < 4.78 is 0. The quantitative estimate of drug-likeness (QED) is 0.708. The highest BCUT2D eigenvalue weighted by molar-refractivity contribution is 6.06. The van der Waals surface area contributed by atoms with Gasteiger partial charge in [0.2, 0.25) is 11.8 Å². The van der Waals surface area contributed by atoms with Crippen molar-refractivity contribution in [2.45, 2.75) is 33.1 Å². The molecule has 1 atom stereocenters. The fourth-order valence-electron chi connectivity index (χ4n) is 4.10. The lowest BCUT2D eigenvalue weighted by atomic mass is 10.0. The largest absolute Gasteiger partial charge is 0.324 e. The lowest BCUT2D eigenvalue weighted by Gasteiger charge is -2.23. The van der Waals surface area contributed by atoms with Crippen LogP contribution in [0.3, 0.4) is 0 Å². The van der Waals surface area contributed by atoms with Crippen molar-refractivity contribution in [3.63, 3.8) is 0 Å². The van der Waals surface area contributed by atoms with E-state index in [-0.39, 0.29) is 24.2 Å². The van der Waals surface area contributed by atoms with Gasteiger partial charge in [0, 0.05) is 30.2 Å². The van der Waals surface area contributed by atoms with Gasteiger partial charge in [0.05, 0.1) is 17.1 Å². The fraction of sp³-hybridized carbons (Fsp3) is 0.292. The molecule has 1 N–H and O–H groups in total. The van der Waals surface area contributed by atoms with Gasteiger partial charge in [-0.3, -0.25) is 14.6 Å². The Bertz CT molecular complexity index is 1050. The molecule has 1 saturated heterocycles. The molecule has 0 saturated carbocycles. The van der Waals surface area contributed by atoms with Gasteiger partial charge >= 0.3 is 0 Å². The molecule has 2 aromatic carbocycles. The molecule has 29 heavy (non-hydrogen) atoms. The summed E-state index contributed by atoms with van der Waals surface area (Å²) in [6.45, 7) is 4.60. The highest BCUT2D eigenvalue weighted by Gasteiger charge is 2.36. The lowest BCUT2D eigenvalue weighted by molar-refractivity contribution is -0.122. The number of hydrogen-bond donors (Lipinski definition) is 1. The molecule has 5 heteroatoms. The Kier molecular flexibility index (Phi) is 5.30. The smallest absolute Gasteiger partial charge is 0.229 e. The highest BCUT2D eigenvalue weighted by Crippen LogP contribution is 2.33. The van der Waals surface area contributed by atoms with Crippen LogP contribution in [-0.4, -0.2) is 23.3 Å². The predicted octanol–water partition coefficient (Wildman–Crippen LogP) is 4.35. The number of nitrogens with one attached hydrogen (secondary N) is 1. The number of rotatable bonds is 5. The number of carbonyl (C=O) groups is 2. The minimum atomic E-state index is -0.379. The van der Waals surface area contributed by atoms with Gasteiger partial charge in [-0.25, -0.2) is 0 Å². The molecule has 2 heterocycles. The summed E-state index contributed by atoms with van der Waals surface area (Å²) in [6, 6.07) is 15.7. The van der Waals surface area contributed by atoms with E-state index in [1.54, 1.807) is 6.20 Å². The normalized spacial score (nSPS) is 16.4. The van der Waals surface area contributed by atoms with Crippen LogP contribution in [0.25, 0.3) is 10.9 Å². The first-order valence-corrected chi connectivity index (χ1v) is 10.2. The van der Waals surface area contributed by atoms with Crippen LogP contribution in [0.15, 0.2) is 54.7 Å². The molecule has 1 fully saturated rings. The Morgan fingerprint density at radius 1 is 1.07 bits per heavy atom. The molecular formula is C24H25N3O2. The van der Waals surface area contributed by atoms with Crippen LogP contribution in [0, 0.1) is 5.92 Å². The van der Waals surface area contributed by atoms with Crippen molar-refractivity contribution in [2.24, 2.45) is 5.92 Å².